The van der Waals surface area contributed by atoms with E-state index in [-0.39, 0.29) is 0 Å². The standard InChI is InChI=1S/C7H12Si/c1-3-7(4-2)5-6-8/h3-5H,1-2,6H2,8H3. The lowest BCUT2D eigenvalue weighted by Crippen LogP contribution is -1.67. The van der Waals surface area contributed by atoms with Crippen molar-refractivity contribution in [2.75, 3.05) is 0 Å². The first-order valence-electron chi connectivity index (χ1n) is 2.80. The van der Waals surface area contributed by atoms with Crippen LogP contribution < -0.4 is 0 Å². The van der Waals surface area contributed by atoms with Gasteiger partial charge in [0.05, 0.1) is 0 Å². The number of hydrogen-bond donors (Lipinski definition) is 0. The van der Waals surface area contributed by atoms with Crippen LogP contribution in [0.4, 0.5) is 0 Å². The Labute approximate surface area is 54.0 Å². The molecule has 0 saturated carbocycles. The van der Waals surface area contributed by atoms with Crippen molar-refractivity contribution < 1.29 is 0 Å². The quantitative estimate of drug-likeness (QED) is 0.390. The molecule has 0 aliphatic heterocycles. The van der Waals surface area contributed by atoms with Gasteiger partial charge in [-0.1, -0.05) is 31.4 Å². The summed E-state index contributed by atoms with van der Waals surface area (Å²) < 4.78 is 0. The Bertz CT molecular complexity index is 102. The molecular weight excluding hydrogens is 112 g/mol. The molecule has 1 heteroatoms. The van der Waals surface area contributed by atoms with E-state index >= 15 is 0 Å². The number of hydrogen-bond acceptors (Lipinski definition) is 0. The first-order chi connectivity index (χ1) is 3.85. The minimum Gasteiger partial charge on any atom is -0.0985 e. The van der Waals surface area contributed by atoms with Gasteiger partial charge in [-0.2, -0.15) is 0 Å². The molecule has 0 amide bonds. The molecule has 0 aromatic carbocycles. The summed E-state index contributed by atoms with van der Waals surface area (Å²) >= 11 is 0. The van der Waals surface area contributed by atoms with E-state index in [0.29, 0.717) is 0 Å². The van der Waals surface area contributed by atoms with Gasteiger partial charge in [0.2, 0.25) is 0 Å². The Morgan fingerprint density at radius 2 is 1.88 bits per heavy atom. The average molecular weight is 124 g/mol. The highest BCUT2D eigenvalue weighted by Gasteiger charge is 1.76. The summed E-state index contributed by atoms with van der Waals surface area (Å²) in [6, 6.07) is 1.19. The zero-order chi connectivity index (χ0) is 6.41. The summed E-state index contributed by atoms with van der Waals surface area (Å²) in [7, 11) is 1.22. The van der Waals surface area contributed by atoms with Gasteiger partial charge in [-0.25, -0.2) is 0 Å². The third kappa shape index (κ3) is 2.58. The van der Waals surface area contributed by atoms with Crippen molar-refractivity contribution in [3.05, 3.63) is 37.0 Å². The van der Waals surface area contributed by atoms with E-state index in [9.17, 15) is 0 Å². The van der Waals surface area contributed by atoms with Crippen LogP contribution in [-0.4, -0.2) is 10.2 Å². The Hall–Kier alpha value is -0.563. The maximum absolute atomic E-state index is 3.63. The maximum Gasteiger partial charge on any atom is 0.00759 e. The Morgan fingerprint density at radius 1 is 1.38 bits per heavy atom. The number of rotatable bonds is 3. The molecule has 0 rings (SSSR count). The highest BCUT2D eigenvalue weighted by molar-refractivity contribution is 6.09. The number of allylic oxidation sites excluding steroid dienone is 4. The second kappa shape index (κ2) is 4.59. The van der Waals surface area contributed by atoms with E-state index in [2.05, 4.69) is 19.2 Å². The summed E-state index contributed by atoms with van der Waals surface area (Å²) in [6.07, 6.45) is 5.79. The molecule has 0 spiro atoms. The second-order valence-corrected chi connectivity index (χ2v) is 2.34. The van der Waals surface area contributed by atoms with Crippen LogP contribution in [0.15, 0.2) is 37.0 Å². The van der Waals surface area contributed by atoms with E-state index in [1.807, 2.05) is 12.2 Å². The lowest BCUT2D eigenvalue weighted by Gasteiger charge is -1.86. The molecule has 0 atom stereocenters. The maximum atomic E-state index is 3.63. The third-order valence-corrected chi connectivity index (χ3v) is 1.32. The molecule has 0 saturated heterocycles. The molecule has 44 valence electrons. The molecule has 0 unspecified atom stereocenters. The third-order valence-electron chi connectivity index (χ3n) is 0.911. The summed E-state index contributed by atoms with van der Waals surface area (Å²) in [4.78, 5) is 0. The van der Waals surface area contributed by atoms with Crippen LogP contribution in [0.2, 0.25) is 6.04 Å². The fourth-order valence-corrected chi connectivity index (χ4v) is 0.957. The zero-order valence-corrected chi connectivity index (χ0v) is 7.35. The summed E-state index contributed by atoms with van der Waals surface area (Å²) in [5.41, 5.74) is 1.15. The lowest BCUT2D eigenvalue weighted by atomic mass is 10.2. The molecule has 0 nitrogen and oxygen atoms in total. The fourth-order valence-electron chi connectivity index (χ4n) is 0.486. The van der Waals surface area contributed by atoms with E-state index in [4.69, 9.17) is 0 Å². The van der Waals surface area contributed by atoms with Crippen LogP contribution in [-0.2, 0) is 0 Å². The molecule has 0 bridgehead atoms. The Kier molecular flexibility index (Phi) is 4.27. The van der Waals surface area contributed by atoms with E-state index in [0.717, 1.165) is 5.57 Å². The molecule has 0 aliphatic carbocycles. The van der Waals surface area contributed by atoms with Crippen LogP contribution in [0.3, 0.4) is 0 Å². The monoisotopic (exact) mass is 124 g/mol. The molecule has 0 fully saturated rings. The second-order valence-electron chi connectivity index (χ2n) is 1.52. The highest BCUT2D eigenvalue weighted by atomic mass is 28.1. The van der Waals surface area contributed by atoms with Crippen molar-refractivity contribution in [2.24, 2.45) is 0 Å². The van der Waals surface area contributed by atoms with Crippen molar-refractivity contribution in [3.63, 3.8) is 0 Å². The molecule has 0 radical (unpaired) electrons. The lowest BCUT2D eigenvalue weighted by molar-refractivity contribution is 1.61. The smallest absolute Gasteiger partial charge is 0.00759 e. The van der Waals surface area contributed by atoms with Crippen LogP contribution >= 0.6 is 0 Å². The predicted octanol–water partition coefficient (Wildman–Crippen LogP) is 1.07. The highest BCUT2D eigenvalue weighted by Crippen LogP contribution is 1.96. The van der Waals surface area contributed by atoms with Gasteiger partial charge in [0.15, 0.2) is 0 Å². The van der Waals surface area contributed by atoms with Gasteiger partial charge in [0.25, 0.3) is 0 Å². The van der Waals surface area contributed by atoms with Gasteiger partial charge in [-0.15, -0.1) is 0 Å². The zero-order valence-electron chi connectivity index (χ0n) is 5.35. The normalized spacial score (nSPS) is 8.00. The largest absolute Gasteiger partial charge is 0.0985 e. The molecule has 0 aromatic rings. The van der Waals surface area contributed by atoms with Gasteiger partial charge in [0, 0.05) is 10.2 Å². The minimum atomic E-state index is 1.15. The van der Waals surface area contributed by atoms with Crippen molar-refractivity contribution in [3.8, 4) is 0 Å². The van der Waals surface area contributed by atoms with Crippen molar-refractivity contribution in [1.82, 2.24) is 0 Å². The molecule has 0 N–H and O–H groups in total. The van der Waals surface area contributed by atoms with Gasteiger partial charge in [-0.05, 0) is 11.6 Å². The molecule has 0 heterocycles. The molecule has 0 aliphatic rings. The fraction of sp³-hybridized carbons (Fsp3) is 0.143. The predicted molar refractivity (Wildman–Crippen MR) is 43.2 cm³/mol. The van der Waals surface area contributed by atoms with Gasteiger partial charge < -0.3 is 0 Å². The summed E-state index contributed by atoms with van der Waals surface area (Å²) in [5, 5.41) is 0. The van der Waals surface area contributed by atoms with Crippen LogP contribution in [0.1, 0.15) is 0 Å². The van der Waals surface area contributed by atoms with E-state index in [1.54, 1.807) is 0 Å². The van der Waals surface area contributed by atoms with Gasteiger partial charge >= 0.3 is 0 Å². The molecule has 8 heavy (non-hydrogen) atoms. The first kappa shape index (κ1) is 7.44. The van der Waals surface area contributed by atoms with E-state index < -0.39 is 0 Å². The van der Waals surface area contributed by atoms with Gasteiger partial charge in [0.1, 0.15) is 0 Å². The molecular formula is C7H12Si. The molecule has 0 aromatic heterocycles. The first-order valence-corrected chi connectivity index (χ1v) is 4.21. The Morgan fingerprint density at radius 3 is 2.00 bits per heavy atom. The summed E-state index contributed by atoms with van der Waals surface area (Å²) in [5.74, 6) is 0. The van der Waals surface area contributed by atoms with E-state index in [1.165, 1.54) is 16.3 Å². The summed E-state index contributed by atoms with van der Waals surface area (Å²) in [6.45, 7) is 7.25. The SMILES string of the molecule is C=CC(C=C)=CC[SiH3]. The van der Waals surface area contributed by atoms with Crippen molar-refractivity contribution in [2.45, 2.75) is 6.04 Å². The minimum absolute atomic E-state index is 1.15. The van der Waals surface area contributed by atoms with Crippen molar-refractivity contribution in [1.29, 1.82) is 0 Å². The van der Waals surface area contributed by atoms with Crippen LogP contribution in [0.5, 0.6) is 0 Å². The topological polar surface area (TPSA) is 0 Å². The van der Waals surface area contributed by atoms with Crippen LogP contribution in [0.25, 0.3) is 0 Å². The van der Waals surface area contributed by atoms with Crippen molar-refractivity contribution >= 4 is 10.2 Å². The Balaban J connectivity index is 3.85. The van der Waals surface area contributed by atoms with Crippen LogP contribution in [0, 0.1) is 0 Å². The van der Waals surface area contributed by atoms with Gasteiger partial charge in [-0.3, -0.25) is 0 Å². The average Bonchev–Trinajstić information content (AvgIpc) is 1.83.